The number of pyridine rings is 1. The number of halogens is 1. The molecule has 0 amide bonds. The van der Waals surface area contributed by atoms with E-state index in [9.17, 15) is 4.79 Å². The van der Waals surface area contributed by atoms with Gasteiger partial charge >= 0.3 is 5.97 Å². The third-order valence-corrected chi connectivity index (χ3v) is 2.77. The smallest absolute Gasteiger partial charge is 0.341 e. The number of nitrogens with zero attached hydrogens (tertiary/aromatic N) is 1. The quantitative estimate of drug-likeness (QED) is 0.872. The summed E-state index contributed by atoms with van der Waals surface area (Å²) in [5.41, 5.74) is 0.0473. The average molecular weight is 341 g/mol. The minimum atomic E-state index is -1.06. The van der Waals surface area contributed by atoms with Crippen LogP contribution in [0.15, 0.2) is 42.7 Å². The number of hydrogen-bond acceptors (Lipinski definition) is 3. The van der Waals surface area contributed by atoms with Crippen LogP contribution in [0, 0.1) is 3.57 Å². The van der Waals surface area contributed by atoms with Crippen LogP contribution in [0.2, 0.25) is 0 Å². The van der Waals surface area contributed by atoms with E-state index in [1.165, 1.54) is 18.5 Å². The minimum Gasteiger partial charge on any atom is -0.477 e. The predicted molar refractivity (Wildman–Crippen MR) is 70.4 cm³/mol. The van der Waals surface area contributed by atoms with Crippen molar-refractivity contribution < 1.29 is 14.6 Å². The van der Waals surface area contributed by atoms with Crippen molar-refractivity contribution in [2.24, 2.45) is 0 Å². The number of benzene rings is 1. The molecule has 86 valence electrons. The highest BCUT2D eigenvalue weighted by Crippen LogP contribution is 2.24. The number of carboxylic acid groups (broad SMARTS) is 1. The van der Waals surface area contributed by atoms with E-state index in [4.69, 9.17) is 9.84 Å². The van der Waals surface area contributed by atoms with E-state index < -0.39 is 5.97 Å². The maximum atomic E-state index is 10.9. The van der Waals surface area contributed by atoms with Gasteiger partial charge in [-0.3, -0.25) is 4.98 Å². The Hall–Kier alpha value is -1.63. The van der Waals surface area contributed by atoms with Gasteiger partial charge in [0.05, 0.1) is 0 Å². The Labute approximate surface area is 111 Å². The van der Waals surface area contributed by atoms with Gasteiger partial charge in [-0.25, -0.2) is 4.79 Å². The Morgan fingerprint density at radius 3 is 2.59 bits per heavy atom. The van der Waals surface area contributed by atoms with Crippen molar-refractivity contribution in [2.45, 2.75) is 0 Å². The summed E-state index contributed by atoms with van der Waals surface area (Å²) in [4.78, 5) is 14.7. The number of aromatic nitrogens is 1. The van der Waals surface area contributed by atoms with Gasteiger partial charge in [-0.15, -0.1) is 0 Å². The lowest BCUT2D eigenvalue weighted by Gasteiger charge is -2.07. The van der Waals surface area contributed by atoms with E-state index >= 15 is 0 Å². The molecule has 0 aliphatic carbocycles. The lowest BCUT2D eigenvalue weighted by Crippen LogP contribution is -2.00. The molecule has 2 aromatic rings. The lowest BCUT2D eigenvalue weighted by atomic mass is 10.2. The maximum absolute atomic E-state index is 10.9. The highest BCUT2D eigenvalue weighted by atomic mass is 127. The molecule has 1 aromatic heterocycles. The van der Waals surface area contributed by atoms with E-state index in [-0.39, 0.29) is 11.3 Å². The Morgan fingerprint density at radius 1 is 1.24 bits per heavy atom. The normalized spacial score (nSPS) is 9.94. The molecule has 5 heteroatoms. The van der Waals surface area contributed by atoms with Crippen molar-refractivity contribution in [3.8, 4) is 11.5 Å². The minimum absolute atomic E-state index is 0.0473. The first kappa shape index (κ1) is 11.8. The molecule has 0 unspecified atom stereocenters. The van der Waals surface area contributed by atoms with Crippen LogP contribution in [0.25, 0.3) is 0 Å². The molecule has 1 aromatic carbocycles. The molecule has 2 rings (SSSR count). The fourth-order valence-electron chi connectivity index (χ4n) is 1.26. The zero-order valence-electron chi connectivity index (χ0n) is 8.63. The van der Waals surface area contributed by atoms with Gasteiger partial charge in [0, 0.05) is 22.0 Å². The maximum Gasteiger partial charge on any atom is 0.341 e. The van der Waals surface area contributed by atoms with Gasteiger partial charge in [-0.2, -0.15) is 0 Å². The Morgan fingerprint density at radius 2 is 1.94 bits per heavy atom. The highest BCUT2D eigenvalue weighted by molar-refractivity contribution is 14.1. The van der Waals surface area contributed by atoms with Crippen LogP contribution in [0.3, 0.4) is 0 Å². The molecule has 0 aliphatic heterocycles. The fraction of sp³-hybridized carbons (Fsp3) is 0. The Bertz CT molecular complexity index is 540. The highest BCUT2D eigenvalue weighted by Gasteiger charge is 2.11. The summed E-state index contributed by atoms with van der Waals surface area (Å²) in [6, 6.07) is 8.87. The largest absolute Gasteiger partial charge is 0.477 e. The van der Waals surface area contributed by atoms with Gasteiger partial charge in [-0.05, 0) is 46.9 Å². The molecule has 0 saturated heterocycles. The molecular weight excluding hydrogens is 333 g/mol. The van der Waals surface area contributed by atoms with Crippen molar-refractivity contribution in [1.82, 2.24) is 4.98 Å². The van der Waals surface area contributed by atoms with Crippen molar-refractivity contribution in [2.75, 3.05) is 0 Å². The monoisotopic (exact) mass is 341 g/mol. The van der Waals surface area contributed by atoms with Crippen LogP contribution in [0.4, 0.5) is 0 Å². The SMILES string of the molecule is O=C(O)c1cnccc1Oc1ccc(I)cc1. The standard InChI is InChI=1S/C12H8INO3/c13-8-1-3-9(4-2-8)17-11-5-6-14-7-10(11)12(15)16/h1-7H,(H,15,16). The van der Waals surface area contributed by atoms with Gasteiger partial charge < -0.3 is 9.84 Å². The predicted octanol–water partition coefficient (Wildman–Crippen LogP) is 3.18. The van der Waals surface area contributed by atoms with Crippen molar-refractivity contribution in [3.63, 3.8) is 0 Å². The molecular formula is C12H8INO3. The third-order valence-electron chi connectivity index (χ3n) is 2.05. The molecule has 0 atom stereocenters. The van der Waals surface area contributed by atoms with E-state index in [1.54, 1.807) is 12.1 Å². The first-order chi connectivity index (χ1) is 8.16. The summed E-state index contributed by atoms with van der Waals surface area (Å²) in [7, 11) is 0. The van der Waals surface area contributed by atoms with Crippen LogP contribution in [0.5, 0.6) is 11.5 Å². The van der Waals surface area contributed by atoms with Crippen LogP contribution in [-0.2, 0) is 0 Å². The van der Waals surface area contributed by atoms with E-state index in [0.717, 1.165) is 3.57 Å². The molecule has 0 bridgehead atoms. The average Bonchev–Trinajstić information content (AvgIpc) is 2.32. The van der Waals surface area contributed by atoms with Gasteiger partial charge in [0.2, 0.25) is 0 Å². The third kappa shape index (κ3) is 2.94. The fourth-order valence-corrected chi connectivity index (χ4v) is 1.62. The first-order valence-electron chi connectivity index (χ1n) is 4.77. The second kappa shape index (κ2) is 5.13. The molecule has 0 spiro atoms. The molecule has 0 fully saturated rings. The van der Waals surface area contributed by atoms with Crippen molar-refractivity contribution >= 4 is 28.6 Å². The summed E-state index contributed by atoms with van der Waals surface area (Å²) in [5, 5.41) is 8.97. The van der Waals surface area contributed by atoms with Crippen molar-refractivity contribution in [3.05, 3.63) is 51.9 Å². The molecule has 17 heavy (non-hydrogen) atoms. The zero-order valence-corrected chi connectivity index (χ0v) is 10.8. The van der Waals surface area contributed by atoms with Gasteiger partial charge in [0.25, 0.3) is 0 Å². The summed E-state index contributed by atoms with van der Waals surface area (Å²) in [6.07, 6.45) is 2.76. The molecule has 1 heterocycles. The first-order valence-corrected chi connectivity index (χ1v) is 5.85. The van der Waals surface area contributed by atoms with Crippen molar-refractivity contribution in [1.29, 1.82) is 0 Å². The van der Waals surface area contributed by atoms with Crippen LogP contribution >= 0.6 is 22.6 Å². The number of carbonyl (C=O) groups is 1. The van der Waals surface area contributed by atoms with Crippen LogP contribution < -0.4 is 4.74 Å². The number of carboxylic acids is 1. The molecule has 0 radical (unpaired) electrons. The molecule has 1 N–H and O–H groups in total. The Balaban J connectivity index is 2.30. The summed E-state index contributed by atoms with van der Waals surface area (Å²) in [5.74, 6) is -0.175. The number of hydrogen-bond donors (Lipinski definition) is 1. The summed E-state index contributed by atoms with van der Waals surface area (Å²) < 4.78 is 6.59. The number of ether oxygens (including phenoxy) is 1. The molecule has 0 saturated carbocycles. The zero-order chi connectivity index (χ0) is 12.3. The van der Waals surface area contributed by atoms with E-state index in [0.29, 0.717) is 5.75 Å². The second-order valence-electron chi connectivity index (χ2n) is 3.23. The lowest BCUT2D eigenvalue weighted by molar-refractivity contribution is 0.0693. The molecule has 4 nitrogen and oxygen atoms in total. The van der Waals surface area contributed by atoms with E-state index in [1.807, 2.05) is 12.1 Å². The van der Waals surface area contributed by atoms with Gasteiger partial charge in [-0.1, -0.05) is 0 Å². The second-order valence-corrected chi connectivity index (χ2v) is 4.48. The Kier molecular flexibility index (Phi) is 3.58. The van der Waals surface area contributed by atoms with Crippen LogP contribution in [-0.4, -0.2) is 16.1 Å². The topological polar surface area (TPSA) is 59.4 Å². The van der Waals surface area contributed by atoms with E-state index in [2.05, 4.69) is 27.6 Å². The van der Waals surface area contributed by atoms with Gasteiger partial charge in [0.15, 0.2) is 0 Å². The van der Waals surface area contributed by atoms with Gasteiger partial charge in [0.1, 0.15) is 17.1 Å². The molecule has 0 aliphatic rings. The summed E-state index contributed by atoms with van der Waals surface area (Å²) in [6.45, 7) is 0. The van der Waals surface area contributed by atoms with Crippen LogP contribution in [0.1, 0.15) is 10.4 Å². The summed E-state index contributed by atoms with van der Waals surface area (Å²) >= 11 is 2.19. The number of rotatable bonds is 3. The number of aromatic carboxylic acids is 1.